The summed E-state index contributed by atoms with van der Waals surface area (Å²) < 4.78 is 47.6. The van der Waals surface area contributed by atoms with E-state index >= 15 is 0 Å². The maximum atomic E-state index is 12.1. The van der Waals surface area contributed by atoms with Crippen molar-refractivity contribution in [3.05, 3.63) is 24.3 Å². The quantitative estimate of drug-likeness (QED) is 0.449. The van der Waals surface area contributed by atoms with E-state index in [-0.39, 0.29) is 0 Å². The van der Waals surface area contributed by atoms with Crippen LogP contribution in [0, 0.1) is 5.82 Å². The normalized spacial score (nSPS) is 11.6. The summed E-state index contributed by atoms with van der Waals surface area (Å²) in [6.07, 6.45) is 1.33. The third-order valence-electron chi connectivity index (χ3n) is 1.10. The highest BCUT2D eigenvalue weighted by atomic mass is 19.4. The van der Waals surface area contributed by atoms with Crippen molar-refractivity contribution in [1.29, 1.82) is 0 Å². The zero-order valence-corrected chi connectivity index (χ0v) is 5.27. The van der Waals surface area contributed by atoms with Crippen LogP contribution in [0.15, 0.2) is 18.5 Å². The van der Waals surface area contributed by atoms with Gasteiger partial charge in [0.1, 0.15) is 5.82 Å². The number of pyridine rings is 1. The molecule has 0 aliphatic rings. The van der Waals surface area contributed by atoms with Crippen LogP contribution in [0.25, 0.3) is 0 Å². The largest absolute Gasteiger partial charge is 0.511 e. The summed E-state index contributed by atoms with van der Waals surface area (Å²) in [5, 5.41) is 0. The molecule has 0 fully saturated rings. The topological polar surface area (TPSA) is 12.9 Å². The monoisotopic (exact) mass is 164 g/mol. The Bertz CT molecular complexity index is 259. The molecule has 0 atom stereocenters. The Morgan fingerprint density at radius 3 is 2.18 bits per heavy atom. The summed E-state index contributed by atoms with van der Waals surface area (Å²) in [4.78, 5) is 3.07. The van der Waals surface area contributed by atoms with Crippen LogP contribution in [-0.4, -0.2) is 12.0 Å². The maximum Gasteiger partial charge on any atom is 0.511 e. The molecule has 1 nitrogen and oxygen atoms in total. The molecule has 60 valence electrons. The van der Waals surface area contributed by atoms with Crippen molar-refractivity contribution in [1.82, 2.24) is 4.98 Å². The van der Waals surface area contributed by atoms with Gasteiger partial charge in [-0.2, -0.15) is 0 Å². The van der Waals surface area contributed by atoms with Crippen LogP contribution in [0.2, 0.25) is 0 Å². The molecule has 0 aromatic carbocycles. The summed E-state index contributed by atoms with van der Waals surface area (Å²) in [5.74, 6) is -0.971. The molecule has 0 unspecified atom stereocenters. The van der Waals surface area contributed by atoms with Gasteiger partial charge in [0.2, 0.25) is 0 Å². The van der Waals surface area contributed by atoms with Gasteiger partial charge in [0.25, 0.3) is 0 Å². The number of halogens is 4. The van der Waals surface area contributed by atoms with Gasteiger partial charge in [-0.3, -0.25) is 4.98 Å². The lowest BCUT2D eigenvalue weighted by atomic mass is 9.81. The number of hydrogen-bond acceptors (Lipinski definition) is 1. The molecular weight excluding hydrogens is 161 g/mol. The molecule has 0 amide bonds. The van der Waals surface area contributed by atoms with Gasteiger partial charge in [-0.25, -0.2) is 4.39 Å². The highest BCUT2D eigenvalue weighted by molar-refractivity contribution is 6.73. The van der Waals surface area contributed by atoms with Gasteiger partial charge in [-0.1, -0.05) is 11.5 Å². The average molecular weight is 164 g/mol. The lowest BCUT2D eigenvalue weighted by Gasteiger charge is -2.12. The van der Waals surface area contributed by atoms with Crippen LogP contribution in [0.1, 0.15) is 0 Å². The van der Waals surface area contributed by atoms with Crippen molar-refractivity contribution in [2.75, 3.05) is 0 Å². The average Bonchev–Trinajstić information content (AvgIpc) is 1.86. The first-order valence-corrected chi connectivity index (χ1v) is 2.80. The number of hydrogen-bond donors (Lipinski definition) is 0. The van der Waals surface area contributed by atoms with Gasteiger partial charge >= 0.3 is 6.98 Å². The zero-order chi connectivity index (χ0) is 8.48. The summed E-state index contributed by atoms with van der Waals surface area (Å²) in [6.45, 7) is -5.13. The summed E-state index contributed by atoms with van der Waals surface area (Å²) in [6, 6.07) is 0.424. The van der Waals surface area contributed by atoms with E-state index in [0.717, 1.165) is 6.20 Å². The molecule has 0 bridgehead atoms. The fourth-order valence-corrected chi connectivity index (χ4v) is 0.607. The molecule has 0 spiro atoms. The molecule has 0 aliphatic carbocycles. The van der Waals surface area contributed by atoms with Gasteiger partial charge in [-0.15, -0.1) is 0 Å². The first-order valence-electron chi connectivity index (χ1n) is 2.80. The summed E-state index contributed by atoms with van der Waals surface area (Å²) in [7, 11) is 0. The lowest BCUT2D eigenvalue weighted by Crippen LogP contribution is -2.34. The van der Waals surface area contributed by atoms with Gasteiger partial charge in [0.15, 0.2) is 0 Å². The van der Waals surface area contributed by atoms with E-state index in [2.05, 4.69) is 4.98 Å². The predicted octanol–water partition coefficient (Wildman–Crippen LogP) is 1.28. The molecule has 1 aromatic rings. The van der Waals surface area contributed by atoms with Crippen molar-refractivity contribution < 1.29 is 17.3 Å². The van der Waals surface area contributed by atoms with Crippen molar-refractivity contribution >= 4 is 12.4 Å². The van der Waals surface area contributed by atoms with E-state index in [9.17, 15) is 17.3 Å². The molecule has 0 N–H and O–H groups in total. The van der Waals surface area contributed by atoms with Gasteiger partial charge in [0.05, 0.1) is 6.20 Å². The van der Waals surface area contributed by atoms with Gasteiger partial charge in [0, 0.05) is 6.20 Å². The second-order valence-electron chi connectivity index (χ2n) is 2.01. The third-order valence-corrected chi connectivity index (χ3v) is 1.10. The van der Waals surface area contributed by atoms with E-state index in [1.807, 2.05) is 0 Å². The highest BCUT2D eigenvalue weighted by Crippen LogP contribution is 2.07. The van der Waals surface area contributed by atoms with Crippen LogP contribution in [0.4, 0.5) is 17.3 Å². The Balaban J connectivity index is 3.06. The SMILES string of the molecule is Fc1cncc([B-](F)(F)F)c1. The predicted molar refractivity (Wildman–Crippen MR) is 32.9 cm³/mol. The Hall–Kier alpha value is -1.07. The highest BCUT2D eigenvalue weighted by Gasteiger charge is 2.25. The number of rotatable bonds is 1. The van der Waals surface area contributed by atoms with Crippen molar-refractivity contribution in [2.24, 2.45) is 0 Å². The van der Waals surface area contributed by atoms with E-state index in [4.69, 9.17) is 0 Å². The van der Waals surface area contributed by atoms with E-state index in [0.29, 0.717) is 12.3 Å². The molecule has 11 heavy (non-hydrogen) atoms. The minimum atomic E-state index is -5.13. The molecule has 1 heterocycles. The zero-order valence-electron chi connectivity index (χ0n) is 5.27. The second-order valence-corrected chi connectivity index (χ2v) is 2.01. The summed E-state index contributed by atoms with van der Waals surface area (Å²) in [5.41, 5.74) is -1.01. The first kappa shape index (κ1) is 8.04. The Labute approximate surface area is 60.1 Å². The van der Waals surface area contributed by atoms with Crippen LogP contribution in [-0.2, 0) is 0 Å². The van der Waals surface area contributed by atoms with Gasteiger partial charge in [-0.05, 0) is 0 Å². The minimum absolute atomic E-state index is 0.424. The molecule has 0 radical (unpaired) electrons. The first-order chi connectivity index (χ1) is 5.00. The number of nitrogens with zero attached hydrogens (tertiary/aromatic N) is 1. The van der Waals surface area contributed by atoms with E-state index in [1.54, 1.807) is 0 Å². The molecule has 6 heteroatoms. The minimum Gasteiger partial charge on any atom is -0.445 e. The van der Waals surface area contributed by atoms with Crippen LogP contribution in [0.5, 0.6) is 0 Å². The van der Waals surface area contributed by atoms with Crippen molar-refractivity contribution in [3.63, 3.8) is 0 Å². The molecule has 0 aliphatic heterocycles. The third kappa shape index (κ3) is 1.93. The lowest BCUT2D eigenvalue weighted by molar-refractivity contribution is 0.499. The maximum absolute atomic E-state index is 12.1. The Morgan fingerprint density at radius 2 is 1.82 bits per heavy atom. The molecule has 0 saturated carbocycles. The van der Waals surface area contributed by atoms with E-state index < -0.39 is 18.3 Å². The van der Waals surface area contributed by atoms with Crippen LogP contribution >= 0.6 is 0 Å². The second kappa shape index (κ2) is 2.52. The molecular formula is C5H3BF4N-. The smallest absolute Gasteiger partial charge is 0.445 e. The van der Waals surface area contributed by atoms with E-state index in [1.165, 1.54) is 0 Å². The standard InChI is InChI=1S/C5H3BF4N/c7-5-1-4(2-11-3-5)6(8,9)10/h1-3H/q-1. The Kier molecular flexibility index (Phi) is 1.84. The fourth-order valence-electron chi connectivity index (χ4n) is 0.607. The van der Waals surface area contributed by atoms with Gasteiger partial charge < -0.3 is 12.9 Å². The number of aromatic nitrogens is 1. The summed E-state index contributed by atoms with van der Waals surface area (Å²) >= 11 is 0. The molecule has 1 aromatic heterocycles. The molecule has 1 rings (SSSR count). The fraction of sp³-hybridized carbons (Fsp3) is 0. The molecule has 0 saturated heterocycles. The Morgan fingerprint density at radius 1 is 1.18 bits per heavy atom. The van der Waals surface area contributed by atoms with Crippen LogP contribution < -0.4 is 5.46 Å². The van der Waals surface area contributed by atoms with Crippen molar-refractivity contribution in [2.45, 2.75) is 0 Å². The van der Waals surface area contributed by atoms with Crippen LogP contribution in [0.3, 0.4) is 0 Å². The van der Waals surface area contributed by atoms with Crippen molar-refractivity contribution in [3.8, 4) is 0 Å².